The number of benzene rings is 1. The number of amides is 3. The lowest BCUT2D eigenvalue weighted by Crippen LogP contribution is -2.57. The highest BCUT2D eigenvalue weighted by atomic mass is 79.9. The summed E-state index contributed by atoms with van der Waals surface area (Å²) in [7, 11) is 0. The second kappa shape index (κ2) is 13.9. The van der Waals surface area contributed by atoms with Gasteiger partial charge < -0.3 is 31.7 Å². The average molecular weight is 571 g/mol. The molecule has 11 nitrogen and oxygen atoms in total. The molecule has 3 atom stereocenters. The highest BCUT2D eigenvalue weighted by molar-refractivity contribution is 9.10. The summed E-state index contributed by atoms with van der Waals surface area (Å²) in [5, 5.41) is 5.25. The molecule has 3 amide bonds. The van der Waals surface area contributed by atoms with Gasteiger partial charge in [-0.15, -0.1) is 0 Å². The molecule has 198 valence electrons. The van der Waals surface area contributed by atoms with E-state index in [1.54, 1.807) is 38.1 Å². The molecule has 36 heavy (non-hydrogen) atoms. The first-order valence-corrected chi connectivity index (χ1v) is 12.2. The van der Waals surface area contributed by atoms with Crippen LogP contribution in [-0.4, -0.2) is 79.0 Å². The van der Waals surface area contributed by atoms with E-state index in [9.17, 15) is 23.6 Å². The molecule has 6 N–H and O–H groups in total. The standard InChI is InChI=1S/C23H32BrFN6O5/c1-13(2)19(30-20(33)14-5-7-15(24)8-6-14)22(35)31-12-36-11-17(31)21(34)29-16(18(32)10-25)4-3-9-28-23(26)27/h5-8,13,16-17,19H,3-4,9-12H2,1-2H3,(H,29,34)(H,30,33)(H4,26,27,28)/t16?,17-,19?/m0/s1. The summed E-state index contributed by atoms with van der Waals surface area (Å²) in [4.78, 5) is 56.1. The lowest BCUT2D eigenvalue weighted by atomic mass is 10.0. The van der Waals surface area contributed by atoms with Gasteiger partial charge in [0.25, 0.3) is 5.91 Å². The maximum absolute atomic E-state index is 13.4. The van der Waals surface area contributed by atoms with Gasteiger partial charge in [-0.1, -0.05) is 29.8 Å². The number of hydrogen-bond acceptors (Lipinski definition) is 6. The zero-order valence-electron chi connectivity index (χ0n) is 20.2. The van der Waals surface area contributed by atoms with Gasteiger partial charge in [-0.05, 0) is 43.0 Å². The van der Waals surface area contributed by atoms with Crippen LogP contribution in [0.2, 0.25) is 0 Å². The van der Waals surface area contributed by atoms with Crippen molar-refractivity contribution in [3.63, 3.8) is 0 Å². The van der Waals surface area contributed by atoms with Gasteiger partial charge in [0.15, 0.2) is 11.7 Å². The molecule has 0 aliphatic carbocycles. The smallest absolute Gasteiger partial charge is 0.251 e. The molecular weight excluding hydrogens is 539 g/mol. The highest BCUT2D eigenvalue weighted by Gasteiger charge is 2.40. The van der Waals surface area contributed by atoms with E-state index >= 15 is 0 Å². The summed E-state index contributed by atoms with van der Waals surface area (Å²) >= 11 is 3.31. The molecule has 1 aliphatic rings. The van der Waals surface area contributed by atoms with Crippen LogP contribution in [0, 0.1) is 5.92 Å². The van der Waals surface area contributed by atoms with Crippen molar-refractivity contribution in [2.45, 2.75) is 44.8 Å². The molecule has 1 aromatic carbocycles. The van der Waals surface area contributed by atoms with Gasteiger partial charge in [-0.3, -0.25) is 24.2 Å². The van der Waals surface area contributed by atoms with Crippen molar-refractivity contribution in [2.24, 2.45) is 22.4 Å². The Morgan fingerprint density at radius 2 is 1.86 bits per heavy atom. The average Bonchev–Trinajstić information content (AvgIpc) is 3.33. The molecule has 0 spiro atoms. The normalized spacial score (nSPS) is 16.8. The van der Waals surface area contributed by atoms with Crippen LogP contribution in [-0.2, 0) is 19.1 Å². The largest absolute Gasteiger partial charge is 0.370 e. The van der Waals surface area contributed by atoms with Crippen molar-refractivity contribution in [2.75, 3.05) is 26.6 Å². The number of carbonyl (C=O) groups is 4. The minimum Gasteiger partial charge on any atom is -0.370 e. The summed E-state index contributed by atoms with van der Waals surface area (Å²) in [5.41, 5.74) is 10.9. The Morgan fingerprint density at radius 1 is 1.19 bits per heavy atom. The van der Waals surface area contributed by atoms with Crippen LogP contribution < -0.4 is 22.1 Å². The number of guanidine groups is 1. The second-order valence-electron chi connectivity index (χ2n) is 8.64. The van der Waals surface area contributed by atoms with Gasteiger partial charge in [-0.25, -0.2) is 4.39 Å². The van der Waals surface area contributed by atoms with Crippen LogP contribution in [0.4, 0.5) is 4.39 Å². The van der Waals surface area contributed by atoms with Crippen LogP contribution in [0.3, 0.4) is 0 Å². The van der Waals surface area contributed by atoms with E-state index in [0.717, 1.165) is 4.47 Å². The molecule has 0 radical (unpaired) electrons. The van der Waals surface area contributed by atoms with Crippen molar-refractivity contribution in [1.29, 1.82) is 0 Å². The Kier molecular flexibility index (Phi) is 11.2. The zero-order valence-corrected chi connectivity index (χ0v) is 21.8. The second-order valence-corrected chi connectivity index (χ2v) is 9.55. The lowest BCUT2D eigenvalue weighted by molar-refractivity contribution is -0.141. The van der Waals surface area contributed by atoms with Crippen molar-refractivity contribution in [1.82, 2.24) is 15.5 Å². The Balaban J connectivity index is 2.09. The summed E-state index contributed by atoms with van der Waals surface area (Å²) in [5.74, 6) is -2.81. The van der Waals surface area contributed by atoms with E-state index in [2.05, 4.69) is 31.6 Å². The molecule has 1 saturated heterocycles. The van der Waals surface area contributed by atoms with Gasteiger partial charge in [0.05, 0.1) is 12.6 Å². The fourth-order valence-corrected chi connectivity index (χ4v) is 3.84. The minimum absolute atomic E-state index is 0.104. The number of rotatable bonds is 12. The number of nitrogens with zero attached hydrogens (tertiary/aromatic N) is 2. The highest BCUT2D eigenvalue weighted by Crippen LogP contribution is 2.17. The monoisotopic (exact) mass is 570 g/mol. The van der Waals surface area contributed by atoms with Crippen molar-refractivity contribution < 1.29 is 28.3 Å². The topological polar surface area (TPSA) is 169 Å². The number of halogens is 2. The third kappa shape index (κ3) is 8.26. The lowest BCUT2D eigenvalue weighted by Gasteiger charge is -2.30. The van der Waals surface area contributed by atoms with E-state index in [4.69, 9.17) is 16.2 Å². The van der Waals surface area contributed by atoms with Crippen molar-refractivity contribution in [3.05, 3.63) is 34.3 Å². The van der Waals surface area contributed by atoms with E-state index < -0.39 is 48.3 Å². The predicted octanol–water partition coefficient (Wildman–Crippen LogP) is 0.465. The van der Waals surface area contributed by atoms with E-state index in [0.29, 0.717) is 12.0 Å². The van der Waals surface area contributed by atoms with Crippen molar-refractivity contribution >= 4 is 45.4 Å². The SMILES string of the molecule is CC(C)C(NC(=O)c1ccc(Br)cc1)C(=O)N1COC[C@H]1C(=O)NC(CCCN=C(N)N)C(=O)CF. The van der Waals surface area contributed by atoms with Crippen LogP contribution >= 0.6 is 15.9 Å². The van der Waals surface area contributed by atoms with E-state index in [-0.39, 0.29) is 38.2 Å². The van der Waals surface area contributed by atoms with Crippen molar-refractivity contribution in [3.8, 4) is 0 Å². The fourth-order valence-electron chi connectivity index (χ4n) is 3.57. The molecule has 1 fully saturated rings. The molecule has 1 aliphatic heterocycles. The quantitative estimate of drug-likeness (QED) is 0.161. The fraction of sp³-hybridized carbons (Fsp3) is 0.522. The summed E-state index contributed by atoms with van der Waals surface area (Å²) in [6.45, 7) is 2.22. The number of nitrogens with one attached hydrogen (secondary N) is 2. The molecule has 0 bridgehead atoms. The van der Waals surface area contributed by atoms with E-state index in [1.165, 1.54) is 4.90 Å². The number of carbonyl (C=O) groups excluding carboxylic acids is 4. The minimum atomic E-state index is -1.26. The van der Waals surface area contributed by atoms with Crippen LogP contribution in [0.1, 0.15) is 37.0 Å². The van der Waals surface area contributed by atoms with Crippen LogP contribution in [0.5, 0.6) is 0 Å². The number of ketones is 1. The maximum atomic E-state index is 13.4. The van der Waals surface area contributed by atoms with Gasteiger partial charge in [0.2, 0.25) is 11.8 Å². The van der Waals surface area contributed by atoms with Gasteiger partial charge in [0, 0.05) is 16.6 Å². The maximum Gasteiger partial charge on any atom is 0.251 e. The summed E-state index contributed by atoms with van der Waals surface area (Å²) < 4.78 is 19.2. The number of alkyl halides is 1. The number of Topliss-reactive ketones (excluding diaryl/α,β-unsaturated/α-hetero) is 1. The Bertz CT molecular complexity index is 970. The molecule has 2 rings (SSSR count). The Morgan fingerprint density at radius 3 is 2.44 bits per heavy atom. The first kappa shape index (κ1) is 29.2. The molecule has 13 heteroatoms. The molecular formula is C23H32BrFN6O5. The molecule has 0 aromatic heterocycles. The molecule has 1 heterocycles. The first-order chi connectivity index (χ1) is 17.0. The first-order valence-electron chi connectivity index (χ1n) is 11.4. The molecule has 2 unspecified atom stereocenters. The Labute approximate surface area is 217 Å². The third-order valence-electron chi connectivity index (χ3n) is 5.58. The number of nitrogens with two attached hydrogens (primary N) is 2. The van der Waals surface area contributed by atoms with Crippen LogP contribution in [0.15, 0.2) is 33.7 Å². The predicted molar refractivity (Wildman–Crippen MR) is 135 cm³/mol. The molecule has 0 saturated carbocycles. The number of aliphatic imine (C=N–C) groups is 1. The summed E-state index contributed by atoms with van der Waals surface area (Å²) in [6, 6.07) is 3.58. The van der Waals surface area contributed by atoms with Gasteiger partial charge in [-0.2, -0.15) is 0 Å². The van der Waals surface area contributed by atoms with E-state index in [1.807, 2.05) is 0 Å². The third-order valence-corrected chi connectivity index (χ3v) is 6.10. The zero-order chi connectivity index (χ0) is 26.8. The number of hydrogen-bond donors (Lipinski definition) is 4. The summed E-state index contributed by atoms with van der Waals surface area (Å²) in [6.07, 6.45) is 0.445. The number of ether oxygens (including phenoxy) is 1. The van der Waals surface area contributed by atoms with Gasteiger partial charge >= 0.3 is 0 Å². The molecule has 1 aromatic rings. The Hall–Kier alpha value is -3.06. The van der Waals surface area contributed by atoms with Gasteiger partial charge in [0.1, 0.15) is 25.5 Å². The van der Waals surface area contributed by atoms with Crippen LogP contribution in [0.25, 0.3) is 0 Å².